The van der Waals surface area contributed by atoms with E-state index < -0.39 is 11.7 Å². The average molecular weight is 310 g/mol. The molecule has 2 rings (SSSR count). The van der Waals surface area contributed by atoms with Crippen molar-refractivity contribution in [1.82, 2.24) is 15.3 Å². The van der Waals surface area contributed by atoms with Crippen molar-refractivity contribution < 1.29 is 9.53 Å². The number of hydrogen-bond donors (Lipinski definition) is 2. The molecule has 2 N–H and O–H groups in total. The molecule has 0 aliphatic carbocycles. The van der Waals surface area contributed by atoms with Gasteiger partial charge in [-0.15, -0.1) is 0 Å². The molecule has 0 unspecified atom stereocenters. The molecule has 1 aromatic heterocycles. The van der Waals surface area contributed by atoms with Crippen LogP contribution < -0.4 is 10.6 Å². The number of fused-ring (bicyclic) bond motifs is 1. The standard InChI is InChI=1S/C14H22N4O2S/c1-14(2,3)20-13(19)16-6-5-15-12-17-8-10-9-21-7-4-11(10)18-12/h8H,4-7,9H2,1-3H3,(H,16,19)(H,15,17,18). The Balaban J connectivity index is 1.73. The van der Waals surface area contributed by atoms with Crippen LogP contribution in [0.15, 0.2) is 6.20 Å². The lowest BCUT2D eigenvalue weighted by Crippen LogP contribution is -2.35. The van der Waals surface area contributed by atoms with Crippen LogP contribution in [-0.2, 0) is 16.9 Å². The van der Waals surface area contributed by atoms with Gasteiger partial charge in [-0.05, 0) is 32.9 Å². The van der Waals surface area contributed by atoms with Gasteiger partial charge in [0.2, 0.25) is 5.95 Å². The zero-order valence-corrected chi connectivity index (χ0v) is 13.5. The van der Waals surface area contributed by atoms with Crippen LogP contribution >= 0.6 is 11.8 Å². The quantitative estimate of drug-likeness (QED) is 0.830. The highest BCUT2D eigenvalue weighted by Gasteiger charge is 2.15. The number of amides is 1. The van der Waals surface area contributed by atoms with Gasteiger partial charge in [0.25, 0.3) is 0 Å². The highest BCUT2D eigenvalue weighted by atomic mass is 32.2. The Morgan fingerprint density at radius 3 is 3.00 bits per heavy atom. The van der Waals surface area contributed by atoms with Crippen molar-refractivity contribution in [3.05, 3.63) is 17.5 Å². The first kappa shape index (κ1) is 15.9. The molecule has 1 aliphatic heterocycles. The van der Waals surface area contributed by atoms with Crippen LogP contribution in [-0.4, -0.2) is 40.5 Å². The predicted octanol–water partition coefficient (Wildman–Crippen LogP) is 2.20. The van der Waals surface area contributed by atoms with E-state index in [-0.39, 0.29) is 0 Å². The van der Waals surface area contributed by atoms with Crippen LogP contribution in [0.25, 0.3) is 0 Å². The van der Waals surface area contributed by atoms with E-state index in [9.17, 15) is 4.79 Å². The van der Waals surface area contributed by atoms with Gasteiger partial charge >= 0.3 is 6.09 Å². The molecule has 21 heavy (non-hydrogen) atoms. The maximum Gasteiger partial charge on any atom is 0.407 e. The second-order valence-electron chi connectivity index (χ2n) is 5.82. The summed E-state index contributed by atoms with van der Waals surface area (Å²) in [5.41, 5.74) is 1.88. The van der Waals surface area contributed by atoms with Gasteiger partial charge in [0.15, 0.2) is 0 Å². The molecule has 0 bridgehead atoms. The van der Waals surface area contributed by atoms with E-state index in [1.54, 1.807) is 0 Å². The fraction of sp³-hybridized carbons (Fsp3) is 0.643. The number of ether oxygens (including phenoxy) is 1. The third kappa shape index (κ3) is 5.41. The van der Waals surface area contributed by atoms with Crippen LogP contribution in [0, 0.1) is 0 Å². The highest BCUT2D eigenvalue weighted by molar-refractivity contribution is 7.98. The van der Waals surface area contributed by atoms with Gasteiger partial charge < -0.3 is 15.4 Å². The lowest BCUT2D eigenvalue weighted by molar-refractivity contribution is 0.0530. The van der Waals surface area contributed by atoms with Crippen molar-refractivity contribution in [2.75, 3.05) is 24.2 Å². The summed E-state index contributed by atoms with van der Waals surface area (Å²) < 4.78 is 5.15. The summed E-state index contributed by atoms with van der Waals surface area (Å²) in [6.07, 6.45) is 2.47. The van der Waals surface area contributed by atoms with Crippen molar-refractivity contribution in [2.24, 2.45) is 0 Å². The first-order valence-corrected chi connectivity index (χ1v) is 8.23. The largest absolute Gasteiger partial charge is 0.444 e. The molecule has 0 aromatic carbocycles. The fourth-order valence-corrected chi connectivity index (χ4v) is 2.81. The third-order valence-electron chi connectivity index (χ3n) is 2.77. The summed E-state index contributed by atoms with van der Waals surface area (Å²) in [7, 11) is 0. The van der Waals surface area contributed by atoms with Gasteiger partial charge in [0.1, 0.15) is 5.60 Å². The Kier molecular flexibility index (Phi) is 5.27. The number of nitrogens with one attached hydrogen (secondary N) is 2. The SMILES string of the molecule is CC(C)(C)OC(=O)NCCNc1ncc2c(n1)CCSC2. The Labute approximate surface area is 129 Å². The second kappa shape index (κ2) is 6.98. The van der Waals surface area contributed by atoms with E-state index in [1.807, 2.05) is 38.7 Å². The zero-order valence-electron chi connectivity index (χ0n) is 12.7. The molecule has 1 aliphatic rings. The molecule has 0 spiro atoms. The van der Waals surface area contributed by atoms with Gasteiger partial charge in [-0.1, -0.05) is 0 Å². The lowest BCUT2D eigenvalue weighted by atomic mass is 10.2. The van der Waals surface area contributed by atoms with Gasteiger partial charge in [0, 0.05) is 30.6 Å². The molecule has 1 amide bonds. The zero-order chi connectivity index (χ0) is 15.3. The number of rotatable bonds is 4. The summed E-state index contributed by atoms with van der Waals surface area (Å²) in [6.45, 7) is 6.54. The summed E-state index contributed by atoms with van der Waals surface area (Å²) in [4.78, 5) is 20.3. The molecular formula is C14H22N4O2S. The average Bonchev–Trinajstić information content (AvgIpc) is 2.41. The minimum Gasteiger partial charge on any atom is -0.444 e. The molecule has 1 aromatic rings. The maximum atomic E-state index is 11.5. The molecule has 116 valence electrons. The Morgan fingerprint density at radius 2 is 2.24 bits per heavy atom. The number of alkyl carbamates (subject to hydrolysis) is 1. The fourth-order valence-electron chi connectivity index (χ4n) is 1.87. The van der Waals surface area contributed by atoms with Gasteiger partial charge in [0.05, 0.1) is 5.69 Å². The normalized spacial score (nSPS) is 14.2. The highest BCUT2D eigenvalue weighted by Crippen LogP contribution is 2.22. The number of aromatic nitrogens is 2. The van der Waals surface area contributed by atoms with E-state index in [0.29, 0.717) is 19.0 Å². The topological polar surface area (TPSA) is 76.1 Å². The van der Waals surface area contributed by atoms with Crippen molar-refractivity contribution >= 4 is 23.8 Å². The number of carbonyl (C=O) groups is 1. The van der Waals surface area contributed by atoms with E-state index in [4.69, 9.17) is 4.74 Å². The molecule has 0 saturated heterocycles. The van der Waals surface area contributed by atoms with Crippen LogP contribution in [0.1, 0.15) is 32.0 Å². The number of thioether (sulfide) groups is 1. The summed E-state index contributed by atoms with van der Waals surface area (Å²) >= 11 is 1.91. The number of hydrogen-bond acceptors (Lipinski definition) is 6. The number of anilines is 1. The van der Waals surface area contributed by atoms with E-state index in [1.165, 1.54) is 5.56 Å². The predicted molar refractivity (Wildman–Crippen MR) is 84.6 cm³/mol. The maximum absolute atomic E-state index is 11.5. The second-order valence-corrected chi connectivity index (χ2v) is 6.93. The van der Waals surface area contributed by atoms with E-state index in [2.05, 4.69) is 20.6 Å². The summed E-state index contributed by atoms with van der Waals surface area (Å²) in [5, 5.41) is 5.80. The van der Waals surface area contributed by atoms with Crippen molar-refractivity contribution in [3.63, 3.8) is 0 Å². The molecule has 7 heteroatoms. The first-order valence-electron chi connectivity index (χ1n) is 7.07. The number of aryl methyl sites for hydroxylation is 1. The van der Waals surface area contributed by atoms with Crippen LogP contribution in [0.2, 0.25) is 0 Å². The minimum absolute atomic E-state index is 0.410. The van der Waals surface area contributed by atoms with Crippen LogP contribution in [0.5, 0.6) is 0 Å². The molecule has 0 atom stereocenters. The Bertz CT molecular complexity index is 502. The molecule has 0 fully saturated rings. The summed E-state index contributed by atoms with van der Waals surface area (Å²) in [5.74, 6) is 2.73. The summed E-state index contributed by atoms with van der Waals surface area (Å²) in [6, 6.07) is 0. The van der Waals surface area contributed by atoms with Gasteiger partial charge in [-0.2, -0.15) is 11.8 Å². The number of nitrogens with zero attached hydrogens (tertiary/aromatic N) is 2. The Hall–Kier alpha value is -1.50. The number of carbonyl (C=O) groups excluding carboxylic acids is 1. The molecule has 0 radical (unpaired) electrons. The van der Waals surface area contributed by atoms with E-state index in [0.717, 1.165) is 23.6 Å². The monoisotopic (exact) mass is 310 g/mol. The lowest BCUT2D eigenvalue weighted by Gasteiger charge is -2.19. The Morgan fingerprint density at radius 1 is 1.43 bits per heavy atom. The van der Waals surface area contributed by atoms with Crippen LogP contribution in [0.4, 0.5) is 10.7 Å². The van der Waals surface area contributed by atoms with E-state index >= 15 is 0 Å². The minimum atomic E-state index is -0.475. The van der Waals surface area contributed by atoms with Crippen LogP contribution in [0.3, 0.4) is 0 Å². The van der Waals surface area contributed by atoms with Crippen molar-refractivity contribution in [3.8, 4) is 0 Å². The van der Waals surface area contributed by atoms with Gasteiger partial charge in [-0.3, -0.25) is 0 Å². The molecule has 2 heterocycles. The first-order chi connectivity index (χ1) is 9.94. The van der Waals surface area contributed by atoms with Gasteiger partial charge in [-0.25, -0.2) is 14.8 Å². The third-order valence-corrected chi connectivity index (χ3v) is 3.78. The molecule has 6 nitrogen and oxygen atoms in total. The smallest absolute Gasteiger partial charge is 0.407 e. The molecule has 0 saturated carbocycles. The van der Waals surface area contributed by atoms with Crippen molar-refractivity contribution in [1.29, 1.82) is 0 Å². The molecular weight excluding hydrogens is 288 g/mol. The van der Waals surface area contributed by atoms with Crippen molar-refractivity contribution in [2.45, 2.75) is 38.5 Å².